The summed E-state index contributed by atoms with van der Waals surface area (Å²) in [6, 6.07) is 8.79. The Morgan fingerprint density at radius 3 is 2.36 bits per heavy atom. The van der Waals surface area contributed by atoms with Crippen molar-refractivity contribution in [3.05, 3.63) is 52.1 Å². The van der Waals surface area contributed by atoms with Crippen LogP contribution in [0.25, 0.3) is 22.0 Å². The van der Waals surface area contributed by atoms with E-state index in [2.05, 4.69) is 15.6 Å². The Morgan fingerprint density at radius 1 is 1.10 bits per heavy atom. The number of carbonyl (C=O) groups is 2. The zero-order valence-electron chi connectivity index (χ0n) is 22.5. The first-order valence-electron chi connectivity index (χ1n) is 12.9. The number of anilines is 1. The number of fused-ring (bicyclic) bond motifs is 1. The minimum absolute atomic E-state index is 0. The molecule has 1 aromatic heterocycles. The summed E-state index contributed by atoms with van der Waals surface area (Å²) in [5, 5.41) is 17.7. The van der Waals surface area contributed by atoms with Gasteiger partial charge in [-0.05, 0) is 54.7 Å². The average molecular weight is 594 g/mol. The lowest BCUT2D eigenvalue weighted by molar-refractivity contribution is -0.121. The zero-order valence-corrected chi connectivity index (χ0v) is 24.8. The molecule has 210 valence electrons. The van der Waals surface area contributed by atoms with Crippen LogP contribution in [0, 0.1) is 5.41 Å². The summed E-state index contributed by atoms with van der Waals surface area (Å²) >= 11 is 12.4. The Labute approximate surface area is 245 Å². The summed E-state index contributed by atoms with van der Waals surface area (Å²) in [4.78, 5) is 30.0. The van der Waals surface area contributed by atoms with E-state index in [1.54, 1.807) is 18.3 Å². The predicted octanol–water partition coefficient (Wildman–Crippen LogP) is 6.75. The average Bonchev–Trinajstić information content (AvgIpc) is 2.87. The second kappa shape index (κ2) is 12.3. The number of hydrogen-bond donors (Lipinski definition) is 4. The van der Waals surface area contributed by atoms with Crippen LogP contribution < -0.4 is 16.4 Å². The van der Waals surface area contributed by atoms with Crippen LogP contribution in [0.1, 0.15) is 63.7 Å². The third kappa shape index (κ3) is 6.77. The van der Waals surface area contributed by atoms with E-state index in [0.29, 0.717) is 24.1 Å². The second-order valence-electron chi connectivity index (χ2n) is 11.0. The highest BCUT2D eigenvalue weighted by Crippen LogP contribution is 2.39. The van der Waals surface area contributed by atoms with Gasteiger partial charge in [-0.1, -0.05) is 57.0 Å². The van der Waals surface area contributed by atoms with Crippen molar-refractivity contribution in [1.82, 2.24) is 10.3 Å². The van der Waals surface area contributed by atoms with E-state index in [-0.39, 0.29) is 58.0 Å². The number of rotatable bonds is 6. The fourth-order valence-electron chi connectivity index (χ4n) is 4.86. The highest BCUT2D eigenvalue weighted by atomic mass is 35.5. The molecule has 3 atom stereocenters. The fourth-order valence-corrected chi connectivity index (χ4v) is 5.35. The van der Waals surface area contributed by atoms with Crippen molar-refractivity contribution in [2.45, 2.75) is 71.5 Å². The first-order chi connectivity index (χ1) is 17.9. The third-order valence-electron chi connectivity index (χ3n) is 7.06. The zero-order chi connectivity index (χ0) is 27.8. The van der Waals surface area contributed by atoms with Crippen LogP contribution in [0.3, 0.4) is 0 Å². The Hall–Kier alpha value is -2.58. The number of nitrogens with two attached hydrogens (primary N) is 1. The number of ketones is 1. The highest BCUT2D eigenvalue weighted by Gasteiger charge is 2.32. The molecule has 0 bridgehead atoms. The van der Waals surface area contributed by atoms with Gasteiger partial charge in [0.25, 0.3) is 0 Å². The quantitative estimate of drug-likeness (QED) is 0.235. The van der Waals surface area contributed by atoms with Gasteiger partial charge in [-0.2, -0.15) is 0 Å². The normalized spacial score (nSPS) is 19.3. The Kier molecular flexibility index (Phi) is 9.76. The SMILES string of the molecule is CCC(=O)N[C@@H]1CC[C@@H](Nc2c(C(=O)C(C)(C)C)cnc3ccc(-c4cc(Cl)c(O)c(Cl)c4)cc23)C[C@H]1N.Cl. The lowest BCUT2D eigenvalue weighted by atomic mass is 9.84. The first kappa shape index (κ1) is 31.0. The summed E-state index contributed by atoms with van der Waals surface area (Å²) < 4.78 is 0. The summed E-state index contributed by atoms with van der Waals surface area (Å²) in [7, 11) is 0. The van der Waals surface area contributed by atoms with Gasteiger partial charge in [0.1, 0.15) is 0 Å². The molecule has 10 heteroatoms. The van der Waals surface area contributed by atoms with Crippen LogP contribution in [-0.2, 0) is 4.79 Å². The van der Waals surface area contributed by atoms with Crippen molar-refractivity contribution in [1.29, 1.82) is 0 Å². The number of carbonyl (C=O) groups excluding carboxylic acids is 2. The van der Waals surface area contributed by atoms with Crippen molar-refractivity contribution in [2.75, 3.05) is 5.32 Å². The van der Waals surface area contributed by atoms with Gasteiger partial charge < -0.3 is 21.5 Å². The summed E-state index contributed by atoms with van der Waals surface area (Å²) in [6.07, 6.45) is 4.24. The summed E-state index contributed by atoms with van der Waals surface area (Å²) in [5.74, 6) is -0.192. The van der Waals surface area contributed by atoms with E-state index >= 15 is 0 Å². The Morgan fingerprint density at radius 2 is 1.77 bits per heavy atom. The van der Waals surface area contributed by atoms with Crippen LogP contribution in [0.4, 0.5) is 5.69 Å². The number of hydrogen-bond acceptors (Lipinski definition) is 6. The van der Waals surface area contributed by atoms with Crippen molar-refractivity contribution < 1.29 is 14.7 Å². The predicted molar refractivity (Wildman–Crippen MR) is 161 cm³/mol. The maximum Gasteiger partial charge on any atom is 0.219 e. The van der Waals surface area contributed by atoms with Gasteiger partial charge in [-0.25, -0.2) is 0 Å². The van der Waals surface area contributed by atoms with Crippen molar-refractivity contribution in [3.63, 3.8) is 0 Å². The van der Waals surface area contributed by atoms with Crippen LogP contribution in [-0.4, -0.2) is 39.9 Å². The van der Waals surface area contributed by atoms with E-state index in [1.165, 1.54) is 0 Å². The van der Waals surface area contributed by atoms with E-state index in [1.807, 2.05) is 45.9 Å². The minimum Gasteiger partial charge on any atom is -0.505 e. The molecule has 1 amide bonds. The number of phenolic OH excluding ortho intramolecular Hbond substituents is 1. The molecule has 39 heavy (non-hydrogen) atoms. The molecular formula is C29H35Cl3N4O3. The van der Waals surface area contributed by atoms with Crippen LogP contribution in [0.15, 0.2) is 36.5 Å². The van der Waals surface area contributed by atoms with Gasteiger partial charge in [0.15, 0.2) is 11.5 Å². The van der Waals surface area contributed by atoms with Crippen molar-refractivity contribution >= 4 is 63.9 Å². The van der Waals surface area contributed by atoms with Crippen molar-refractivity contribution in [3.8, 4) is 16.9 Å². The number of amides is 1. The molecule has 1 heterocycles. The molecule has 4 rings (SSSR count). The van der Waals surface area contributed by atoms with Gasteiger partial charge in [-0.15, -0.1) is 12.4 Å². The number of Topliss-reactive ketones (excluding diaryl/α,β-unsaturated/α-hetero) is 1. The third-order valence-corrected chi connectivity index (χ3v) is 7.64. The van der Waals surface area contributed by atoms with E-state index in [0.717, 1.165) is 34.9 Å². The van der Waals surface area contributed by atoms with E-state index in [9.17, 15) is 14.7 Å². The topological polar surface area (TPSA) is 117 Å². The maximum atomic E-state index is 13.5. The number of benzene rings is 2. The number of nitrogens with one attached hydrogen (secondary N) is 2. The van der Waals surface area contributed by atoms with Crippen molar-refractivity contribution in [2.24, 2.45) is 11.1 Å². The Bertz CT molecular complexity index is 1370. The largest absolute Gasteiger partial charge is 0.505 e. The second-order valence-corrected chi connectivity index (χ2v) is 11.8. The molecule has 0 spiro atoms. The number of nitrogens with zero attached hydrogens (tertiary/aromatic N) is 1. The van der Waals surface area contributed by atoms with Crippen LogP contribution in [0.2, 0.25) is 10.0 Å². The number of aromatic hydroxyl groups is 1. The number of phenols is 1. The number of aromatic nitrogens is 1. The number of pyridine rings is 1. The molecule has 1 saturated carbocycles. The fraction of sp³-hybridized carbons (Fsp3) is 0.414. The van der Waals surface area contributed by atoms with E-state index < -0.39 is 5.41 Å². The van der Waals surface area contributed by atoms with Gasteiger partial charge >= 0.3 is 0 Å². The number of halogens is 3. The molecule has 0 unspecified atom stereocenters. The van der Waals surface area contributed by atoms with Gasteiger partial charge in [0, 0.05) is 41.5 Å². The smallest absolute Gasteiger partial charge is 0.219 e. The minimum atomic E-state index is -0.611. The first-order valence-corrected chi connectivity index (χ1v) is 13.6. The summed E-state index contributed by atoms with van der Waals surface area (Å²) in [6.45, 7) is 7.48. The molecule has 5 N–H and O–H groups in total. The highest BCUT2D eigenvalue weighted by molar-refractivity contribution is 6.37. The molecule has 2 aromatic carbocycles. The Balaban J connectivity index is 0.00000420. The lowest BCUT2D eigenvalue weighted by Crippen LogP contribution is -2.53. The molecule has 7 nitrogen and oxygen atoms in total. The standard InChI is InChI=1S/C29H34Cl2N4O3.ClH/c1-5-25(36)35-24-9-7-17(13-22(24)32)34-26-18-10-15(16-11-20(30)27(37)21(31)12-16)6-8-23(18)33-14-19(26)28(38)29(2,3)4;/h6,8,10-12,14,17,22,24,37H,5,7,9,13,32H2,1-4H3,(H,33,34)(H,35,36);1H/t17-,22-,24-;/m1./s1. The molecule has 0 aliphatic heterocycles. The van der Waals surface area contributed by atoms with Gasteiger partial charge in [0.05, 0.1) is 26.8 Å². The molecule has 0 saturated heterocycles. The molecular weight excluding hydrogens is 559 g/mol. The maximum absolute atomic E-state index is 13.5. The van der Waals surface area contributed by atoms with Crippen LogP contribution in [0.5, 0.6) is 5.75 Å². The molecule has 3 aromatic rings. The van der Waals surface area contributed by atoms with Gasteiger partial charge in [0.2, 0.25) is 5.91 Å². The molecule has 1 aliphatic carbocycles. The molecule has 1 aliphatic rings. The van der Waals surface area contributed by atoms with E-state index in [4.69, 9.17) is 28.9 Å². The van der Waals surface area contributed by atoms with Gasteiger partial charge in [-0.3, -0.25) is 14.6 Å². The molecule has 1 fully saturated rings. The monoisotopic (exact) mass is 592 g/mol. The van der Waals surface area contributed by atoms with Crippen LogP contribution >= 0.6 is 35.6 Å². The molecule has 0 radical (unpaired) electrons. The lowest BCUT2D eigenvalue weighted by Gasteiger charge is -2.36. The summed E-state index contributed by atoms with van der Waals surface area (Å²) in [5.41, 5.74) is 9.35.